The molecule has 0 fully saturated rings. The number of aliphatic carboxylic acids is 1. The predicted octanol–water partition coefficient (Wildman–Crippen LogP) is 2.26. The molecular weight excluding hydrogens is 438 g/mol. The molecule has 34 heavy (non-hydrogen) atoms. The van der Waals surface area contributed by atoms with Crippen molar-refractivity contribution in [2.45, 2.75) is 26.2 Å². The number of hydrogen-bond acceptors (Lipinski definition) is 5. The van der Waals surface area contributed by atoms with E-state index < -0.39 is 29.3 Å². The average Bonchev–Trinajstić information content (AvgIpc) is 3.17. The fourth-order valence-corrected chi connectivity index (χ4v) is 3.75. The number of carboxylic acid groups (broad SMARTS) is 1. The van der Waals surface area contributed by atoms with E-state index >= 15 is 0 Å². The number of carbonyl (C=O) groups is 4. The summed E-state index contributed by atoms with van der Waals surface area (Å²) in [5.41, 5.74) is 3.33. The van der Waals surface area contributed by atoms with Gasteiger partial charge in [-0.25, -0.2) is 4.79 Å². The molecule has 9 nitrogen and oxygen atoms in total. The summed E-state index contributed by atoms with van der Waals surface area (Å²) >= 11 is 0. The smallest absolute Gasteiger partial charge is 0.407 e. The van der Waals surface area contributed by atoms with Crippen LogP contribution in [0.3, 0.4) is 0 Å². The van der Waals surface area contributed by atoms with E-state index in [1.54, 1.807) is 6.92 Å². The number of carboxylic acids is 1. The van der Waals surface area contributed by atoms with Crippen LogP contribution in [0.1, 0.15) is 37.3 Å². The summed E-state index contributed by atoms with van der Waals surface area (Å²) in [6.07, 6.45) is -0.388. The summed E-state index contributed by atoms with van der Waals surface area (Å²) in [4.78, 5) is 47.2. The Kier molecular flexibility index (Phi) is 7.88. The summed E-state index contributed by atoms with van der Waals surface area (Å²) in [6.45, 7) is 2.65. The Morgan fingerprint density at radius 2 is 1.41 bits per heavy atom. The highest BCUT2D eigenvalue weighted by Gasteiger charge is 2.31. The lowest BCUT2D eigenvalue weighted by Gasteiger charge is -2.23. The van der Waals surface area contributed by atoms with E-state index in [2.05, 4.69) is 16.0 Å². The second kappa shape index (κ2) is 10.8. The fraction of sp³-hybridized carbons (Fsp3) is 0.360. The van der Waals surface area contributed by atoms with Crippen LogP contribution in [0.5, 0.6) is 0 Å². The van der Waals surface area contributed by atoms with Crippen molar-refractivity contribution >= 4 is 23.9 Å². The highest BCUT2D eigenvalue weighted by molar-refractivity contribution is 5.87. The number of rotatable bonds is 10. The van der Waals surface area contributed by atoms with Gasteiger partial charge in [0.05, 0.1) is 12.0 Å². The van der Waals surface area contributed by atoms with Gasteiger partial charge in [0, 0.05) is 12.5 Å². The van der Waals surface area contributed by atoms with E-state index in [-0.39, 0.29) is 32.2 Å². The maximum absolute atomic E-state index is 12.1. The normalized spacial score (nSPS) is 13.7. The third kappa shape index (κ3) is 5.72. The Balaban J connectivity index is 1.41. The number of benzene rings is 2. The molecule has 0 saturated heterocycles. The van der Waals surface area contributed by atoms with Gasteiger partial charge in [0.1, 0.15) is 13.2 Å². The molecular formula is C25H29N3O6. The number of nitrogens with one attached hydrogen (secondary N) is 3. The van der Waals surface area contributed by atoms with Gasteiger partial charge >= 0.3 is 12.1 Å². The van der Waals surface area contributed by atoms with Gasteiger partial charge in [0.25, 0.3) is 0 Å². The monoisotopic (exact) mass is 467 g/mol. The van der Waals surface area contributed by atoms with Crippen molar-refractivity contribution in [2.75, 3.05) is 26.2 Å². The molecule has 0 spiro atoms. The summed E-state index contributed by atoms with van der Waals surface area (Å²) in [6, 6.07) is 15.9. The Morgan fingerprint density at radius 1 is 0.882 bits per heavy atom. The number of alkyl carbamates (subject to hydrolysis) is 1. The van der Waals surface area contributed by atoms with Crippen LogP contribution in [-0.4, -0.2) is 55.2 Å². The Bertz CT molecular complexity index is 1040. The molecule has 0 bridgehead atoms. The van der Waals surface area contributed by atoms with Crippen molar-refractivity contribution in [1.82, 2.24) is 16.0 Å². The van der Waals surface area contributed by atoms with E-state index in [9.17, 15) is 24.3 Å². The molecule has 2 aromatic carbocycles. The number of ether oxygens (including phenoxy) is 1. The van der Waals surface area contributed by atoms with Gasteiger partial charge in [-0.3, -0.25) is 14.4 Å². The van der Waals surface area contributed by atoms with Gasteiger partial charge in [-0.05, 0) is 35.6 Å². The lowest BCUT2D eigenvalue weighted by molar-refractivity contribution is -0.148. The Hall–Kier alpha value is -3.88. The summed E-state index contributed by atoms with van der Waals surface area (Å²) < 4.78 is 5.36. The first-order valence-electron chi connectivity index (χ1n) is 11.1. The van der Waals surface area contributed by atoms with Crippen molar-refractivity contribution in [3.63, 3.8) is 0 Å². The highest BCUT2D eigenvalue weighted by atomic mass is 16.5. The van der Waals surface area contributed by atoms with Crippen LogP contribution in [0.2, 0.25) is 0 Å². The molecule has 0 aliphatic heterocycles. The molecule has 0 radical (unpaired) electrons. The summed E-state index contributed by atoms with van der Waals surface area (Å²) in [7, 11) is 0. The second-order valence-corrected chi connectivity index (χ2v) is 8.45. The number of hydrogen-bond donors (Lipinski definition) is 4. The van der Waals surface area contributed by atoms with E-state index in [4.69, 9.17) is 4.74 Å². The zero-order valence-corrected chi connectivity index (χ0v) is 19.2. The highest BCUT2D eigenvalue weighted by Crippen LogP contribution is 2.44. The van der Waals surface area contributed by atoms with Gasteiger partial charge in [-0.15, -0.1) is 0 Å². The first-order valence-corrected chi connectivity index (χ1v) is 11.1. The molecule has 180 valence electrons. The maximum Gasteiger partial charge on any atom is 0.407 e. The Labute approximate surface area is 197 Å². The molecule has 0 aromatic heterocycles. The molecule has 2 aromatic rings. The Morgan fingerprint density at radius 3 is 1.97 bits per heavy atom. The van der Waals surface area contributed by atoms with Gasteiger partial charge in [0.2, 0.25) is 11.8 Å². The molecule has 1 unspecified atom stereocenters. The van der Waals surface area contributed by atoms with Crippen molar-refractivity contribution < 1.29 is 29.0 Å². The van der Waals surface area contributed by atoms with E-state index in [1.165, 1.54) is 6.92 Å². The minimum Gasteiger partial charge on any atom is -0.481 e. The minimum atomic E-state index is -1.08. The number of fused-ring (bicyclic) bond motifs is 3. The van der Waals surface area contributed by atoms with Crippen LogP contribution in [-0.2, 0) is 19.1 Å². The van der Waals surface area contributed by atoms with Crippen molar-refractivity contribution in [3.05, 3.63) is 59.7 Å². The standard InChI is InChI=1S/C25H29N3O6/c1-3-25(2,23(31)32)15-28-22(30)12-26-21(29)13-27-24(33)34-14-20-18-10-6-4-8-16(18)17-9-5-7-11-19(17)20/h4-11,20H,3,12-15H2,1-2H3,(H,26,29)(H,27,33)(H,28,30)(H,31,32). The van der Waals surface area contributed by atoms with Crippen LogP contribution in [0.4, 0.5) is 4.79 Å². The molecule has 1 atom stereocenters. The minimum absolute atomic E-state index is 0.0501. The van der Waals surface area contributed by atoms with Gasteiger partial charge in [-0.1, -0.05) is 55.5 Å². The summed E-state index contributed by atoms with van der Waals surface area (Å²) in [5.74, 6) is -2.18. The largest absolute Gasteiger partial charge is 0.481 e. The van der Waals surface area contributed by atoms with Gasteiger partial charge in [-0.2, -0.15) is 0 Å². The third-order valence-electron chi connectivity index (χ3n) is 6.16. The first kappa shape index (κ1) is 24.8. The number of carbonyl (C=O) groups excluding carboxylic acids is 3. The van der Waals surface area contributed by atoms with Crippen LogP contribution in [0.25, 0.3) is 11.1 Å². The average molecular weight is 468 g/mol. The van der Waals surface area contributed by atoms with Crippen LogP contribution in [0.15, 0.2) is 48.5 Å². The fourth-order valence-electron chi connectivity index (χ4n) is 3.75. The molecule has 4 N–H and O–H groups in total. The zero-order valence-electron chi connectivity index (χ0n) is 19.2. The molecule has 9 heteroatoms. The van der Waals surface area contributed by atoms with Gasteiger partial charge < -0.3 is 25.8 Å². The maximum atomic E-state index is 12.1. The molecule has 0 saturated carbocycles. The van der Waals surface area contributed by atoms with E-state index in [0.717, 1.165) is 22.3 Å². The molecule has 0 heterocycles. The number of amides is 3. The quantitative estimate of drug-likeness (QED) is 0.424. The first-order chi connectivity index (χ1) is 16.2. The molecule has 1 aliphatic carbocycles. The van der Waals surface area contributed by atoms with E-state index in [0.29, 0.717) is 6.42 Å². The van der Waals surface area contributed by atoms with Crippen molar-refractivity contribution in [3.8, 4) is 11.1 Å². The molecule has 3 rings (SSSR count). The van der Waals surface area contributed by atoms with Crippen molar-refractivity contribution in [2.24, 2.45) is 5.41 Å². The van der Waals surface area contributed by atoms with E-state index in [1.807, 2.05) is 48.5 Å². The molecule has 3 amide bonds. The van der Waals surface area contributed by atoms with Gasteiger partial charge in [0.15, 0.2) is 0 Å². The SMILES string of the molecule is CCC(C)(CNC(=O)CNC(=O)CNC(=O)OCC1c2ccccc2-c2ccccc21)C(=O)O. The lowest BCUT2D eigenvalue weighted by atomic mass is 9.88. The van der Waals surface area contributed by atoms with Crippen LogP contribution < -0.4 is 16.0 Å². The molecule has 1 aliphatic rings. The van der Waals surface area contributed by atoms with Crippen LogP contribution >= 0.6 is 0 Å². The summed E-state index contributed by atoms with van der Waals surface area (Å²) in [5, 5.41) is 16.5. The van der Waals surface area contributed by atoms with Crippen molar-refractivity contribution in [1.29, 1.82) is 0 Å². The van der Waals surface area contributed by atoms with Crippen LogP contribution in [0, 0.1) is 5.41 Å². The predicted molar refractivity (Wildman–Crippen MR) is 125 cm³/mol. The topological polar surface area (TPSA) is 134 Å². The lowest BCUT2D eigenvalue weighted by Crippen LogP contribution is -2.45. The second-order valence-electron chi connectivity index (χ2n) is 8.45. The third-order valence-corrected chi connectivity index (χ3v) is 6.16. The zero-order chi connectivity index (χ0) is 24.7.